The molecule has 1 aromatic heterocycles. The Kier molecular flexibility index (Phi) is 8.98. The van der Waals surface area contributed by atoms with Gasteiger partial charge in [0.2, 0.25) is 0 Å². The topological polar surface area (TPSA) is 53.4 Å². The monoisotopic (exact) mass is 494 g/mol. The second-order valence-electron chi connectivity index (χ2n) is 7.63. The smallest absolute Gasteiger partial charge is 0.433 e. The summed E-state index contributed by atoms with van der Waals surface area (Å²) in [6.07, 6.45) is -1.18. The molecule has 9 heteroatoms. The number of carbonyl (C=O) groups is 1. The van der Waals surface area contributed by atoms with E-state index < -0.39 is 11.9 Å². The first-order chi connectivity index (χ1) is 16.3. The summed E-state index contributed by atoms with van der Waals surface area (Å²) in [7, 11) is 0. The average Bonchev–Trinajstić information content (AvgIpc) is 3.22. The fraction of sp³-hybridized carbons (Fsp3) is 0.360. The van der Waals surface area contributed by atoms with Gasteiger partial charge in [-0.2, -0.15) is 13.2 Å². The van der Waals surface area contributed by atoms with Gasteiger partial charge in [0.1, 0.15) is 17.3 Å². The first-order valence-corrected chi connectivity index (χ1v) is 11.4. The van der Waals surface area contributed by atoms with Crippen molar-refractivity contribution in [1.82, 2.24) is 9.55 Å². The Labute approximate surface area is 201 Å². The van der Waals surface area contributed by atoms with Crippen LogP contribution in [0.5, 0.6) is 5.75 Å². The van der Waals surface area contributed by atoms with Crippen LogP contribution in [0.2, 0.25) is 5.02 Å². The zero-order valence-electron chi connectivity index (χ0n) is 18.8. The van der Waals surface area contributed by atoms with E-state index in [0.29, 0.717) is 54.4 Å². The van der Waals surface area contributed by atoms with Crippen molar-refractivity contribution < 1.29 is 27.4 Å². The number of benzene rings is 2. The molecule has 0 spiro atoms. The van der Waals surface area contributed by atoms with Gasteiger partial charge in [0.15, 0.2) is 0 Å². The van der Waals surface area contributed by atoms with Gasteiger partial charge in [0.25, 0.3) is 0 Å². The Morgan fingerprint density at radius 2 is 1.79 bits per heavy atom. The molecule has 0 bridgehead atoms. The van der Waals surface area contributed by atoms with Crippen molar-refractivity contribution >= 4 is 17.6 Å². The molecule has 182 valence electrons. The van der Waals surface area contributed by atoms with E-state index in [0.717, 1.165) is 17.2 Å². The number of para-hydroxylation sites is 1. The highest BCUT2D eigenvalue weighted by molar-refractivity contribution is 6.30. The van der Waals surface area contributed by atoms with Gasteiger partial charge in [-0.05, 0) is 56.5 Å². The van der Waals surface area contributed by atoms with Gasteiger partial charge in [0.05, 0.1) is 26.0 Å². The second-order valence-corrected chi connectivity index (χ2v) is 8.07. The van der Waals surface area contributed by atoms with Crippen molar-refractivity contribution in [2.24, 2.45) is 0 Å². The molecule has 3 aromatic rings. The number of ether oxygens (including phenoxy) is 2. The lowest BCUT2D eigenvalue weighted by molar-refractivity contribution is -0.144. The molecule has 0 aliphatic heterocycles. The summed E-state index contributed by atoms with van der Waals surface area (Å²) >= 11 is 5.93. The van der Waals surface area contributed by atoms with Gasteiger partial charge >= 0.3 is 12.1 Å². The molecule has 0 unspecified atom stereocenters. The van der Waals surface area contributed by atoms with Gasteiger partial charge in [-0.15, -0.1) is 0 Å². The summed E-state index contributed by atoms with van der Waals surface area (Å²) in [4.78, 5) is 15.4. The molecule has 0 N–H and O–H groups in total. The van der Waals surface area contributed by atoms with Crippen molar-refractivity contribution in [2.75, 3.05) is 13.2 Å². The van der Waals surface area contributed by atoms with Gasteiger partial charge in [-0.25, -0.2) is 4.98 Å². The minimum absolute atomic E-state index is 0.0637. The Bertz CT molecular complexity index is 1080. The van der Waals surface area contributed by atoms with Crippen molar-refractivity contribution in [3.8, 4) is 17.1 Å². The molecule has 0 radical (unpaired) electrons. The van der Waals surface area contributed by atoms with Crippen LogP contribution in [-0.2, 0) is 22.3 Å². The zero-order valence-corrected chi connectivity index (χ0v) is 19.5. The van der Waals surface area contributed by atoms with E-state index in [9.17, 15) is 18.0 Å². The van der Waals surface area contributed by atoms with E-state index in [1.165, 1.54) is 0 Å². The lowest BCUT2D eigenvalue weighted by Crippen LogP contribution is -2.15. The van der Waals surface area contributed by atoms with Crippen LogP contribution in [0.4, 0.5) is 13.2 Å². The van der Waals surface area contributed by atoms with Crippen LogP contribution in [-0.4, -0.2) is 28.7 Å². The van der Waals surface area contributed by atoms with Crippen molar-refractivity contribution in [2.45, 2.75) is 45.3 Å². The number of unbranched alkanes of at least 4 members (excludes halogenated alkanes) is 2. The van der Waals surface area contributed by atoms with Crippen LogP contribution in [0.3, 0.4) is 0 Å². The van der Waals surface area contributed by atoms with Crippen molar-refractivity contribution in [3.63, 3.8) is 0 Å². The number of rotatable bonds is 11. The quantitative estimate of drug-likeness (QED) is 0.218. The largest absolute Gasteiger partial charge is 0.493 e. The van der Waals surface area contributed by atoms with Crippen LogP contribution in [0.1, 0.15) is 43.9 Å². The summed E-state index contributed by atoms with van der Waals surface area (Å²) in [6, 6.07) is 13.5. The van der Waals surface area contributed by atoms with Crippen molar-refractivity contribution in [1.29, 1.82) is 0 Å². The maximum absolute atomic E-state index is 13.7. The maximum Gasteiger partial charge on any atom is 0.433 e. The predicted octanol–water partition coefficient (Wildman–Crippen LogP) is 6.77. The summed E-state index contributed by atoms with van der Waals surface area (Å²) in [5, 5.41) is 0.485. The van der Waals surface area contributed by atoms with E-state index in [2.05, 4.69) is 4.98 Å². The Hall–Kier alpha value is -3.00. The number of hydrogen-bond acceptors (Lipinski definition) is 4. The maximum atomic E-state index is 13.7. The number of nitrogens with zero attached hydrogens (tertiary/aromatic N) is 2. The van der Waals surface area contributed by atoms with E-state index in [-0.39, 0.29) is 18.3 Å². The Morgan fingerprint density at radius 1 is 1.06 bits per heavy atom. The third-order valence-corrected chi connectivity index (χ3v) is 5.39. The molecule has 34 heavy (non-hydrogen) atoms. The fourth-order valence-electron chi connectivity index (χ4n) is 3.50. The summed E-state index contributed by atoms with van der Waals surface area (Å²) in [5.41, 5.74) is 0.291. The molecule has 0 saturated heterocycles. The number of carbonyl (C=O) groups excluding carboxylic acids is 1. The number of alkyl halides is 3. The van der Waals surface area contributed by atoms with Gasteiger partial charge in [0, 0.05) is 22.6 Å². The highest BCUT2D eigenvalue weighted by Gasteiger charge is 2.36. The molecular weight excluding hydrogens is 469 g/mol. The molecule has 0 atom stereocenters. The summed E-state index contributed by atoms with van der Waals surface area (Å²) in [6.45, 7) is 2.46. The van der Waals surface area contributed by atoms with Crippen LogP contribution in [0.25, 0.3) is 11.4 Å². The molecule has 2 aromatic carbocycles. The van der Waals surface area contributed by atoms with Crippen LogP contribution >= 0.6 is 11.6 Å². The summed E-state index contributed by atoms with van der Waals surface area (Å²) in [5.74, 6) is 0.487. The molecule has 0 aliphatic rings. The van der Waals surface area contributed by atoms with Crippen LogP contribution in [0.15, 0.2) is 54.7 Å². The second kappa shape index (κ2) is 11.9. The van der Waals surface area contributed by atoms with Crippen LogP contribution < -0.4 is 4.74 Å². The molecular formula is C25H26ClF3N2O3. The zero-order chi connectivity index (χ0) is 24.6. The number of esters is 1. The molecule has 0 fully saturated rings. The molecule has 1 heterocycles. The van der Waals surface area contributed by atoms with Crippen molar-refractivity contribution in [3.05, 3.63) is 71.0 Å². The highest BCUT2D eigenvalue weighted by atomic mass is 35.5. The van der Waals surface area contributed by atoms with Gasteiger partial charge < -0.3 is 14.0 Å². The number of aromatic nitrogens is 2. The SMILES string of the molecule is CCOC(=O)CCCCCOc1ccccc1Cn1c(C(F)(F)F)cnc1-c1ccc(Cl)cc1. The highest BCUT2D eigenvalue weighted by Crippen LogP contribution is 2.34. The van der Waals surface area contributed by atoms with Gasteiger partial charge in [-0.1, -0.05) is 29.8 Å². The predicted molar refractivity (Wildman–Crippen MR) is 124 cm³/mol. The molecule has 3 rings (SSSR count). The first kappa shape index (κ1) is 25.6. The fourth-order valence-corrected chi connectivity index (χ4v) is 3.63. The van der Waals surface area contributed by atoms with E-state index in [1.54, 1.807) is 55.5 Å². The minimum atomic E-state index is -4.56. The number of halogens is 4. The van der Waals surface area contributed by atoms with E-state index in [1.807, 2.05) is 0 Å². The summed E-state index contributed by atoms with van der Waals surface area (Å²) < 4.78 is 53.1. The Morgan fingerprint density at radius 3 is 2.50 bits per heavy atom. The van der Waals surface area contributed by atoms with Crippen LogP contribution in [0, 0.1) is 0 Å². The third kappa shape index (κ3) is 7.00. The lowest BCUT2D eigenvalue weighted by atomic mass is 10.1. The first-order valence-electron chi connectivity index (χ1n) is 11.0. The molecule has 0 amide bonds. The van der Waals surface area contributed by atoms with Gasteiger partial charge in [-0.3, -0.25) is 4.79 Å². The van der Waals surface area contributed by atoms with E-state index in [4.69, 9.17) is 21.1 Å². The molecule has 0 saturated carbocycles. The standard InChI is InChI=1S/C25H26ClF3N2O3/c1-2-33-23(32)10-4-3-7-15-34-21-9-6-5-8-19(21)17-31-22(25(27,28)29)16-30-24(31)18-11-13-20(26)14-12-18/h5-6,8-9,11-14,16H,2-4,7,10,15,17H2,1H3. The molecule has 0 aliphatic carbocycles. The number of imidazole rings is 1. The minimum Gasteiger partial charge on any atom is -0.493 e. The Balaban J connectivity index is 1.73. The van der Waals surface area contributed by atoms with E-state index >= 15 is 0 Å². The third-order valence-electron chi connectivity index (χ3n) is 5.14. The normalized spacial score (nSPS) is 11.4. The lowest BCUT2D eigenvalue weighted by Gasteiger charge is -2.17. The number of hydrogen-bond donors (Lipinski definition) is 0. The average molecular weight is 495 g/mol. The molecule has 5 nitrogen and oxygen atoms in total.